The van der Waals surface area contributed by atoms with Crippen LogP contribution in [-0.2, 0) is 0 Å². The average Bonchev–Trinajstić information content (AvgIpc) is 2.05. The van der Waals surface area contributed by atoms with Gasteiger partial charge in [-0.25, -0.2) is 4.39 Å². The number of nitrogens with two attached hydrogens (primary N) is 1. The van der Waals surface area contributed by atoms with E-state index in [4.69, 9.17) is 5.73 Å². The molecule has 1 saturated heterocycles. The van der Waals surface area contributed by atoms with Crippen molar-refractivity contribution in [1.29, 1.82) is 0 Å². The number of hydrogen-bond acceptors (Lipinski definition) is 2. The molecule has 0 aromatic heterocycles. The number of anilines is 2. The van der Waals surface area contributed by atoms with Crippen molar-refractivity contribution in [2.24, 2.45) is 11.8 Å². The third kappa shape index (κ3) is 1.91. The summed E-state index contributed by atoms with van der Waals surface area (Å²) in [5.74, 6) is 1.16. The first-order valence-electron chi connectivity index (χ1n) is 5.38. The van der Waals surface area contributed by atoms with Crippen LogP contribution >= 0.6 is 0 Å². The molecule has 1 fully saturated rings. The summed E-state index contributed by atoms with van der Waals surface area (Å²) in [6.07, 6.45) is 0. The zero-order valence-electron chi connectivity index (χ0n) is 9.20. The first-order chi connectivity index (χ1) is 7.08. The molecule has 0 spiro atoms. The Morgan fingerprint density at radius 3 is 2.60 bits per heavy atom. The molecule has 0 bridgehead atoms. The van der Waals surface area contributed by atoms with Crippen LogP contribution in [0.1, 0.15) is 13.8 Å². The smallest absolute Gasteiger partial charge is 0.148 e. The number of hydrogen-bond donors (Lipinski definition) is 1. The molecule has 0 aliphatic carbocycles. The molecule has 1 aromatic rings. The zero-order chi connectivity index (χ0) is 11.0. The van der Waals surface area contributed by atoms with Crippen LogP contribution < -0.4 is 10.6 Å². The second kappa shape index (κ2) is 3.72. The molecule has 2 N–H and O–H groups in total. The van der Waals surface area contributed by atoms with E-state index in [0.717, 1.165) is 13.1 Å². The zero-order valence-corrected chi connectivity index (χ0v) is 9.20. The lowest BCUT2D eigenvalue weighted by Gasteiger charge is -2.43. The highest BCUT2D eigenvalue weighted by Crippen LogP contribution is 2.31. The van der Waals surface area contributed by atoms with E-state index in [1.165, 1.54) is 6.07 Å². The summed E-state index contributed by atoms with van der Waals surface area (Å²) >= 11 is 0. The van der Waals surface area contributed by atoms with E-state index in [2.05, 4.69) is 18.7 Å². The molecule has 1 aliphatic rings. The van der Waals surface area contributed by atoms with Crippen molar-refractivity contribution in [2.75, 3.05) is 23.7 Å². The van der Waals surface area contributed by atoms with Gasteiger partial charge in [0, 0.05) is 18.8 Å². The minimum atomic E-state index is -0.211. The molecule has 3 heteroatoms. The highest BCUT2D eigenvalue weighted by Gasteiger charge is 2.30. The predicted molar refractivity (Wildman–Crippen MR) is 61.4 cm³/mol. The standard InChI is InChI=1S/C12H17FN2/c1-8(2)9-6-15(7-9)12-4-3-10(14)5-11(12)13/h3-5,8-9H,6-7,14H2,1-2H3. The third-order valence-electron chi connectivity index (χ3n) is 3.17. The minimum absolute atomic E-state index is 0.211. The summed E-state index contributed by atoms with van der Waals surface area (Å²) in [6.45, 7) is 6.33. The van der Waals surface area contributed by atoms with Crippen molar-refractivity contribution >= 4 is 11.4 Å². The number of benzene rings is 1. The summed E-state index contributed by atoms with van der Waals surface area (Å²) < 4.78 is 13.5. The molecule has 0 radical (unpaired) electrons. The Hall–Kier alpha value is -1.25. The number of halogens is 1. The van der Waals surface area contributed by atoms with Crippen LogP contribution in [0.5, 0.6) is 0 Å². The highest BCUT2D eigenvalue weighted by atomic mass is 19.1. The van der Waals surface area contributed by atoms with Crippen LogP contribution in [0.3, 0.4) is 0 Å². The van der Waals surface area contributed by atoms with Crippen molar-refractivity contribution in [3.05, 3.63) is 24.0 Å². The molecular weight excluding hydrogens is 191 g/mol. The number of nitrogens with zero attached hydrogens (tertiary/aromatic N) is 1. The van der Waals surface area contributed by atoms with Crippen LogP contribution in [0.25, 0.3) is 0 Å². The van der Waals surface area contributed by atoms with Gasteiger partial charge in [-0.1, -0.05) is 13.8 Å². The molecule has 0 amide bonds. The Morgan fingerprint density at radius 2 is 2.07 bits per heavy atom. The highest BCUT2D eigenvalue weighted by molar-refractivity contribution is 5.55. The van der Waals surface area contributed by atoms with Gasteiger partial charge >= 0.3 is 0 Å². The molecule has 0 atom stereocenters. The van der Waals surface area contributed by atoms with E-state index in [1.54, 1.807) is 12.1 Å². The van der Waals surface area contributed by atoms with Crippen LogP contribution in [0, 0.1) is 17.7 Å². The Kier molecular flexibility index (Phi) is 2.55. The van der Waals surface area contributed by atoms with Gasteiger partial charge in [0.25, 0.3) is 0 Å². The lowest BCUT2D eigenvalue weighted by atomic mass is 9.88. The molecule has 1 aliphatic heterocycles. The van der Waals surface area contributed by atoms with Crippen molar-refractivity contribution in [1.82, 2.24) is 0 Å². The van der Waals surface area contributed by atoms with Crippen LogP contribution in [-0.4, -0.2) is 13.1 Å². The van der Waals surface area contributed by atoms with Gasteiger partial charge in [0.1, 0.15) is 5.82 Å². The quantitative estimate of drug-likeness (QED) is 0.757. The molecule has 1 heterocycles. The fourth-order valence-corrected chi connectivity index (χ4v) is 1.91. The molecule has 2 rings (SSSR count). The van der Waals surface area contributed by atoms with E-state index >= 15 is 0 Å². The summed E-state index contributed by atoms with van der Waals surface area (Å²) in [5.41, 5.74) is 6.67. The van der Waals surface area contributed by atoms with E-state index in [1.807, 2.05) is 0 Å². The lowest BCUT2D eigenvalue weighted by Crippen LogP contribution is -2.49. The number of rotatable bonds is 2. The van der Waals surface area contributed by atoms with Crippen molar-refractivity contribution in [3.8, 4) is 0 Å². The van der Waals surface area contributed by atoms with Crippen LogP contribution in [0.15, 0.2) is 18.2 Å². The van der Waals surface area contributed by atoms with Gasteiger partial charge in [0.2, 0.25) is 0 Å². The molecule has 0 saturated carbocycles. The molecular formula is C12H17FN2. The summed E-state index contributed by atoms with van der Waals surface area (Å²) in [7, 11) is 0. The van der Waals surface area contributed by atoms with E-state index in [9.17, 15) is 4.39 Å². The largest absolute Gasteiger partial charge is 0.399 e. The third-order valence-corrected chi connectivity index (χ3v) is 3.17. The normalized spacial score (nSPS) is 16.9. The maximum absolute atomic E-state index is 13.5. The summed E-state index contributed by atoms with van der Waals surface area (Å²) in [4.78, 5) is 2.07. The minimum Gasteiger partial charge on any atom is -0.399 e. The van der Waals surface area contributed by atoms with Crippen LogP contribution in [0.4, 0.5) is 15.8 Å². The van der Waals surface area contributed by atoms with Gasteiger partial charge in [-0.2, -0.15) is 0 Å². The topological polar surface area (TPSA) is 29.3 Å². The molecule has 0 unspecified atom stereocenters. The molecule has 2 nitrogen and oxygen atoms in total. The first kappa shape index (κ1) is 10.3. The second-order valence-corrected chi connectivity index (χ2v) is 4.62. The fraction of sp³-hybridized carbons (Fsp3) is 0.500. The van der Waals surface area contributed by atoms with Gasteiger partial charge in [-0.15, -0.1) is 0 Å². The maximum Gasteiger partial charge on any atom is 0.148 e. The average molecular weight is 208 g/mol. The molecule has 82 valence electrons. The Balaban J connectivity index is 2.07. The Morgan fingerprint density at radius 1 is 1.40 bits per heavy atom. The summed E-state index contributed by atoms with van der Waals surface area (Å²) in [5, 5.41) is 0. The second-order valence-electron chi connectivity index (χ2n) is 4.62. The molecule has 15 heavy (non-hydrogen) atoms. The van der Waals surface area contributed by atoms with E-state index < -0.39 is 0 Å². The SMILES string of the molecule is CC(C)C1CN(c2ccc(N)cc2F)C1. The van der Waals surface area contributed by atoms with E-state index in [0.29, 0.717) is 23.2 Å². The van der Waals surface area contributed by atoms with E-state index in [-0.39, 0.29) is 5.82 Å². The van der Waals surface area contributed by atoms with Gasteiger partial charge < -0.3 is 10.6 Å². The van der Waals surface area contributed by atoms with Crippen molar-refractivity contribution in [2.45, 2.75) is 13.8 Å². The van der Waals surface area contributed by atoms with Crippen molar-refractivity contribution in [3.63, 3.8) is 0 Å². The Labute approximate surface area is 89.9 Å². The number of nitrogen functional groups attached to an aromatic ring is 1. The molecule has 1 aromatic carbocycles. The first-order valence-corrected chi connectivity index (χ1v) is 5.38. The van der Waals surface area contributed by atoms with Gasteiger partial charge in [-0.05, 0) is 30.0 Å². The van der Waals surface area contributed by atoms with Gasteiger partial charge in [-0.3, -0.25) is 0 Å². The van der Waals surface area contributed by atoms with Crippen LogP contribution in [0.2, 0.25) is 0 Å². The van der Waals surface area contributed by atoms with Gasteiger partial charge in [0.05, 0.1) is 5.69 Å². The monoisotopic (exact) mass is 208 g/mol. The fourth-order valence-electron chi connectivity index (χ4n) is 1.91. The van der Waals surface area contributed by atoms with Crippen molar-refractivity contribution < 1.29 is 4.39 Å². The predicted octanol–water partition coefficient (Wildman–Crippen LogP) is 2.50. The summed E-state index contributed by atoms with van der Waals surface area (Å²) in [6, 6.07) is 4.90. The maximum atomic E-state index is 13.5. The van der Waals surface area contributed by atoms with Gasteiger partial charge in [0.15, 0.2) is 0 Å². The lowest BCUT2D eigenvalue weighted by molar-refractivity contribution is 0.307. The Bertz CT molecular complexity index is 357.